The Morgan fingerprint density at radius 1 is 1.00 bits per heavy atom. The predicted octanol–water partition coefficient (Wildman–Crippen LogP) is 4.25. The summed E-state index contributed by atoms with van der Waals surface area (Å²) in [6, 6.07) is 2.44. The maximum atomic E-state index is 14.0. The van der Waals surface area contributed by atoms with Gasteiger partial charge in [-0.1, -0.05) is 17.7 Å². The maximum Gasteiger partial charge on any atom is 0.160 e. The number of aryl methyl sites for hydroxylation is 1. The van der Waals surface area contributed by atoms with Crippen LogP contribution in [0.5, 0.6) is 0 Å². The summed E-state index contributed by atoms with van der Waals surface area (Å²) in [6.45, 7) is 1.44. The fraction of sp³-hybridized carbons (Fsp3) is 0.143. The van der Waals surface area contributed by atoms with E-state index in [9.17, 15) is 17.6 Å². The average molecular weight is 304 g/mol. The molecule has 0 aromatic heterocycles. The minimum absolute atomic E-state index is 0.0889. The average Bonchev–Trinajstić information content (AvgIpc) is 2.38. The molecule has 2 aromatic carbocycles. The summed E-state index contributed by atoms with van der Waals surface area (Å²) >= 11 is 5.76. The Morgan fingerprint density at radius 3 is 2.25 bits per heavy atom. The van der Waals surface area contributed by atoms with Gasteiger partial charge in [-0.15, -0.1) is 0 Å². The normalized spacial score (nSPS) is 12.6. The molecule has 0 saturated heterocycles. The molecule has 2 rings (SSSR count). The molecule has 0 saturated carbocycles. The monoisotopic (exact) mass is 303 g/mol. The highest BCUT2D eigenvalue weighted by atomic mass is 35.5. The first kappa shape index (κ1) is 14.8. The molecule has 2 N–H and O–H groups in total. The van der Waals surface area contributed by atoms with Crippen LogP contribution < -0.4 is 5.73 Å². The lowest BCUT2D eigenvalue weighted by Crippen LogP contribution is -2.17. The molecule has 0 aliphatic heterocycles. The molecule has 0 spiro atoms. The van der Waals surface area contributed by atoms with E-state index in [1.165, 1.54) is 13.0 Å². The van der Waals surface area contributed by atoms with E-state index in [0.717, 1.165) is 18.2 Å². The van der Waals surface area contributed by atoms with Crippen LogP contribution in [0.2, 0.25) is 5.02 Å². The third-order valence-electron chi connectivity index (χ3n) is 3.01. The van der Waals surface area contributed by atoms with Gasteiger partial charge in [-0.3, -0.25) is 0 Å². The quantitative estimate of drug-likeness (QED) is 0.651. The van der Waals surface area contributed by atoms with Gasteiger partial charge in [-0.2, -0.15) is 0 Å². The van der Waals surface area contributed by atoms with Gasteiger partial charge in [0.25, 0.3) is 0 Å². The van der Waals surface area contributed by atoms with Crippen LogP contribution in [0.3, 0.4) is 0 Å². The van der Waals surface area contributed by atoms with Crippen LogP contribution in [0.1, 0.15) is 22.7 Å². The van der Waals surface area contributed by atoms with E-state index in [-0.39, 0.29) is 16.1 Å². The minimum atomic E-state index is -1.34. The van der Waals surface area contributed by atoms with Crippen molar-refractivity contribution in [1.82, 2.24) is 0 Å². The van der Waals surface area contributed by atoms with Crippen molar-refractivity contribution in [2.24, 2.45) is 5.73 Å². The molecule has 0 fully saturated rings. The second-order valence-corrected chi connectivity index (χ2v) is 4.76. The summed E-state index contributed by atoms with van der Waals surface area (Å²) in [4.78, 5) is 0. The fourth-order valence-electron chi connectivity index (χ4n) is 1.90. The molecule has 0 bridgehead atoms. The summed E-state index contributed by atoms with van der Waals surface area (Å²) in [7, 11) is 0. The smallest absolute Gasteiger partial charge is 0.160 e. The van der Waals surface area contributed by atoms with Crippen molar-refractivity contribution in [2.45, 2.75) is 13.0 Å². The van der Waals surface area contributed by atoms with E-state index in [2.05, 4.69) is 0 Å². The zero-order valence-corrected chi connectivity index (χ0v) is 11.1. The number of nitrogens with two attached hydrogens (primary N) is 1. The van der Waals surface area contributed by atoms with Gasteiger partial charge >= 0.3 is 0 Å². The van der Waals surface area contributed by atoms with Crippen LogP contribution in [0.4, 0.5) is 17.6 Å². The molecule has 1 atom stereocenters. The van der Waals surface area contributed by atoms with Crippen LogP contribution in [0.25, 0.3) is 0 Å². The highest BCUT2D eigenvalue weighted by molar-refractivity contribution is 6.31. The van der Waals surface area contributed by atoms with Crippen molar-refractivity contribution in [3.63, 3.8) is 0 Å². The van der Waals surface area contributed by atoms with Crippen molar-refractivity contribution < 1.29 is 17.6 Å². The highest BCUT2D eigenvalue weighted by Crippen LogP contribution is 2.32. The van der Waals surface area contributed by atoms with Gasteiger partial charge in [-0.25, -0.2) is 17.6 Å². The molecule has 1 unspecified atom stereocenters. The van der Waals surface area contributed by atoms with Gasteiger partial charge < -0.3 is 5.73 Å². The maximum absolute atomic E-state index is 14.0. The van der Waals surface area contributed by atoms with E-state index in [1.807, 2.05) is 0 Å². The second kappa shape index (κ2) is 5.42. The van der Waals surface area contributed by atoms with Crippen LogP contribution in [-0.4, -0.2) is 0 Å². The Labute approximate surface area is 118 Å². The van der Waals surface area contributed by atoms with Crippen LogP contribution in [0.15, 0.2) is 24.3 Å². The third-order valence-corrected chi connectivity index (χ3v) is 3.33. The summed E-state index contributed by atoms with van der Waals surface area (Å²) in [5.41, 5.74) is 5.42. The Morgan fingerprint density at radius 2 is 1.60 bits per heavy atom. The van der Waals surface area contributed by atoms with Crippen molar-refractivity contribution >= 4 is 11.6 Å². The molecule has 0 aliphatic carbocycles. The third kappa shape index (κ3) is 2.51. The van der Waals surface area contributed by atoms with Crippen molar-refractivity contribution in [3.8, 4) is 0 Å². The molecule has 2 aromatic rings. The first-order valence-corrected chi connectivity index (χ1v) is 6.05. The van der Waals surface area contributed by atoms with Gasteiger partial charge in [0, 0.05) is 10.6 Å². The van der Waals surface area contributed by atoms with Gasteiger partial charge in [0.05, 0.1) is 6.04 Å². The summed E-state index contributed by atoms with van der Waals surface area (Å²) in [6.07, 6.45) is 0. The first-order chi connectivity index (χ1) is 9.32. The largest absolute Gasteiger partial charge is 0.320 e. The Balaban J connectivity index is 2.60. The molecule has 20 heavy (non-hydrogen) atoms. The Kier molecular flexibility index (Phi) is 4.01. The molecule has 1 nitrogen and oxygen atoms in total. The Bertz CT molecular complexity index is 673. The highest BCUT2D eigenvalue weighted by Gasteiger charge is 2.23. The topological polar surface area (TPSA) is 26.0 Å². The van der Waals surface area contributed by atoms with E-state index >= 15 is 0 Å². The lowest BCUT2D eigenvalue weighted by Gasteiger charge is -2.17. The Hall–Kier alpha value is -1.59. The van der Waals surface area contributed by atoms with Gasteiger partial charge in [0.15, 0.2) is 11.6 Å². The van der Waals surface area contributed by atoms with Crippen molar-refractivity contribution in [1.29, 1.82) is 0 Å². The fourth-order valence-corrected chi connectivity index (χ4v) is 2.16. The molecule has 0 amide bonds. The molecule has 6 heteroatoms. The molecule has 0 aliphatic rings. The van der Waals surface area contributed by atoms with E-state index in [1.54, 1.807) is 0 Å². The van der Waals surface area contributed by atoms with Gasteiger partial charge in [0.1, 0.15) is 11.6 Å². The number of halogens is 5. The number of hydrogen-bond acceptors (Lipinski definition) is 1. The standard InChI is InChI=1S/C14H10ClF4N/c1-6-2-3-9(16)12(13(6)19)14(20)7-4-10(17)11(18)5-8(7)15/h2-5,14H,20H2,1H3. The van der Waals surface area contributed by atoms with E-state index in [0.29, 0.717) is 0 Å². The van der Waals surface area contributed by atoms with Crippen molar-refractivity contribution in [3.05, 3.63) is 69.2 Å². The number of benzene rings is 2. The molecule has 106 valence electrons. The molecular formula is C14H10ClF4N. The van der Waals surface area contributed by atoms with Gasteiger partial charge in [0.2, 0.25) is 0 Å². The zero-order chi connectivity index (χ0) is 15.0. The van der Waals surface area contributed by atoms with E-state index in [4.69, 9.17) is 17.3 Å². The first-order valence-electron chi connectivity index (χ1n) is 5.67. The minimum Gasteiger partial charge on any atom is -0.320 e. The zero-order valence-electron chi connectivity index (χ0n) is 10.4. The number of hydrogen-bond donors (Lipinski definition) is 1. The van der Waals surface area contributed by atoms with Crippen LogP contribution in [-0.2, 0) is 0 Å². The number of rotatable bonds is 2. The van der Waals surface area contributed by atoms with Crippen LogP contribution in [0, 0.1) is 30.2 Å². The van der Waals surface area contributed by atoms with Crippen molar-refractivity contribution in [2.75, 3.05) is 0 Å². The predicted molar refractivity (Wildman–Crippen MR) is 68.5 cm³/mol. The summed E-state index contributed by atoms with van der Waals surface area (Å²) in [5, 5.41) is -0.197. The summed E-state index contributed by atoms with van der Waals surface area (Å²) in [5.74, 6) is -4.05. The SMILES string of the molecule is Cc1ccc(F)c(C(N)c2cc(F)c(F)cc2Cl)c1F. The van der Waals surface area contributed by atoms with Crippen LogP contribution >= 0.6 is 11.6 Å². The summed E-state index contributed by atoms with van der Waals surface area (Å²) < 4.78 is 54.0. The molecule has 0 radical (unpaired) electrons. The van der Waals surface area contributed by atoms with Gasteiger partial charge in [-0.05, 0) is 36.2 Å². The van der Waals surface area contributed by atoms with E-state index < -0.39 is 34.9 Å². The lowest BCUT2D eigenvalue weighted by molar-refractivity contribution is 0.504. The molecule has 0 heterocycles. The molecular weight excluding hydrogens is 294 g/mol. The lowest BCUT2D eigenvalue weighted by atomic mass is 9.96. The second-order valence-electron chi connectivity index (χ2n) is 4.36.